The third-order valence-electron chi connectivity index (χ3n) is 3.51. The van der Waals surface area contributed by atoms with E-state index in [1.165, 1.54) is 31.4 Å². The van der Waals surface area contributed by atoms with Crippen LogP contribution in [0.1, 0.15) is 6.42 Å². The number of hydrogen-bond donors (Lipinski definition) is 4. The number of nitrogens with zero attached hydrogens (tertiary/aromatic N) is 2. The first-order valence-electron chi connectivity index (χ1n) is 7.62. The largest absolute Gasteiger partial charge is 0.496 e. The average Bonchev–Trinajstić information content (AvgIpc) is 2.60. The Morgan fingerprint density at radius 1 is 1.50 bits per heavy atom. The van der Waals surface area contributed by atoms with Crippen LogP contribution in [0, 0.1) is 27.5 Å². The first-order valence-corrected chi connectivity index (χ1v) is 8.02. The standard InChI is InChI=1S/C16H17FN6O2S/c1-25-13-4-3-10(17)7-11(13)12-8-14(24)22-16(26)23(12)6-2-5-20-15(19)21-9-18/h3-4,7-8H,2,5-6H2,1H3,(H3,19,20,21)(H,22,24,26). The maximum absolute atomic E-state index is 13.7. The summed E-state index contributed by atoms with van der Waals surface area (Å²) in [5.41, 5.74) is 0.447. The zero-order valence-corrected chi connectivity index (χ0v) is 14.7. The van der Waals surface area contributed by atoms with Gasteiger partial charge < -0.3 is 14.6 Å². The molecule has 0 spiro atoms. The van der Waals surface area contributed by atoms with E-state index in [-0.39, 0.29) is 10.7 Å². The van der Waals surface area contributed by atoms with Crippen molar-refractivity contribution >= 4 is 18.2 Å². The predicted molar refractivity (Wildman–Crippen MR) is 96.9 cm³/mol. The fourth-order valence-corrected chi connectivity index (χ4v) is 2.69. The summed E-state index contributed by atoms with van der Waals surface area (Å²) in [6, 6.07) is 5.37. The fourth-order valence-electron chi connectivity index (χ4n) is 2.40. The molecule has 2 aromatic rings. The molecule has 0 aliphatic carbocycles. The molecule has 2 rings (SSSR count). The number of aromatic amines is 1. The molecular formula is C16H17FN6O2S. The minimum Gasteiger partial charge on any atom is -0.496 e. The molecule has 1 aromatic carbocycles. The molecule has 0 fully saturated rings. The number of methoxy groups -OCH3 is 1. The van der Waals surface area contributed by atoms with Gasteiger partial charge in [-0.15, -0.1) is 0 Å². The van der Waals surface area contributed by atoms with Gasteiger partial charge in [0.25, 0.3) is 5.56 Å². The summed E-state index contributed by atoms with van der Waals surface area (Å²) in [4.78, 5) is 14.4. The Morgan fingerprint density at radius 2 is 2.27 bits per heavy atom. The molecule has 0 saturated carbocycles. The van der Waals surface area contributed by atoms with Crippen molar-refractivity contribution in [3.63, 3.8) is 0 Å². The fraction of sp³-hybridized carbons (Fsp3) is 0.250. The van der Waals surface area contributed by atoms with Crippen molar-refractivity contribution in [2.24, 2.45) is 0 Å². The lowest BCUT2D eigenvalue weighted by Crippen LogP contribution is -2.34. The number of guanidine groups is 1. The summed E-state index contributed by atoms with van der Waals surface area (Å²) in [6.45, 7) is 0.797. The van der Waals surface area contributed by atoms with Crippen LogP contribution in [0.2, 0.25) is 0 Å². The van der Waals surface area contributed by atoms with Crippen LogP contribution in [-0.2, 0) is 6.54 Å². The molecule has 10 heteroatoms. The highest BCUT2D eigenvalue weighted by Crippen LogP contribution is 2.30. The Kier molecular flexibility index (Phi) is 6.46. The van der Waals surface area contributed by atoms with Gasteiger partial charge in [-0.3, -0.25) is 20.5 Å². The Morgan fingerprint density at radius 3 is 2.96 bits per heavy atom. The van der Waals surface area contributed by atoms with E-state index in [2.05, 4.69) is 15.6 Å². The number of hydrogen-bond acceptors (Lipinski definition) is 5. The molecule has 0 bridgehead atoms. The van der Waals surface area contributed by atoms with Gasteiger partial charge in [0.1, 0.15) is 11.6 Å². The molecule has 26 heavy (non-hydrogen) atoms. The van der Waals surface area contributed by atoms with E-state index in [9.17, 15) is 9.18 Å². The Hall–Kier alpha value is -3.19. The molecule has 1 heterocycles. The van der Waals surface area contributed by atoms with E-state index >= 15 is 0 Å². The smallest absolute Gasteiger partial charge is 0.252 e. The summed E-state index contributed by atoms with van der Waals surface area (Å²) in [5, 5.41) is 20.7. The maximum atomic E-state index is 13.7. The van der Waals surface area contributed by atoms with E-state index in [0.29, 0.717) is 36.5 Å². The van der Waals surface area contributed by atoms with Gasteiger partial charge in [-0.25, -0.2) is 4.39 Å². The van der Waals surface area contributed by atoms with Gasteiger partial charge in [-0.1, -0.05) is 0 Å². The SMILES string of the molecule is COc1ccc(F)cc1-c1cc(=O)[nH]c(=S)n1CCCNC(=N)NC#N. The molecule has 0 aliphatic heterocycles. The van der Waals surface area contributed by atoms with Crippen molar-refractivity contribution in [2.45, 2.75) is 13.0 Å². The van der Waals surface area contributed by atoms with Gasteiger partial charge in [0.05, 0.1) is 12.8 Å². The summed E-state index contributed by atoms with van der Waals surface area (Å²) in [7, 11) is 1.46. The Balaban J connectivity index is 2.32. The van der Waals surface area contributed by atoms with Gasteiger partial charge in [-0.05, 0) is 36.8 Å². The van der Waals surface area contributed by atoms with Crippen molar-refractivity contribution in [3.05, 3.63) is 45.2 Å². The van der Waals surface area contributed by atoms with Crippen LogP contribution in [0.5, 0.6) is 5.75 Å². The van der Waals surface area contributed by atoms with Crippen molar-refractivity contribution in [1.29, 1.82) is 10.7 Å². The molecule has 0 aliphatic rings. The highest BCUT2D eigenvalue weighted by molar-refractivity contribution is 7.71. The summed E-state index contributed by atoms with van der Waals surface area (Å²) in [6.07, 6.45) is 2.18. The van der Waals surface area contributed by atoms with Crippen molar-refractivity contribution in [3.8, 4) is 23.2 Å². The molecule has 0 atom stereocenters. The van der Waals surface area contributed by atoms with E-state index in [4.69, 9.17) is 27.6 Å². The number of ether oxygens (including phenoxy) is 1. The lowest BCUT2D eigenvalue weighted by molar-refractivity contribution is 0.414. The molecule has 0 amide bonds. The van der Waals surface area contributed by atoms with Crippen LogP contribution in [-0.4, -0.2) is 29.2 Å². The number of nitriles is 1. The number of nitrogens with one attached hydrogen (secondary N) is 4. The normalized spacial score (nSPS) is 10.0. The van der Waals surface area contributed by atoms with Crippen LogP contribution in [0.15, 0.2) is 29.1 Å². The van der Waals surface area contributed by atoms with Crippen molar-refractivity contribution in [1.82, 2.24) is 20.2 Å². The van der Waals surface area contributed by atoms with Crippen LogP contribution >= 0.6 is 12.2 Å². The molecule has 0 unspecified atom stereocenters. The quantitative estimate of drug-likeness (QED) is 0.152. The molecule has 0 radical (unpaired) electrons. The number of aromatic nitrogens is 2. The third kappa shape index (κ3) is 4.67. The summed E-state index contributed by atoms with van der Waals surface area (Å²) >= 11 is 5.24. The number of H-pyrrole nitrogens is 1. The highest BCUT2D eigenvalue weighted by Gasteiger charge is 2.13. The van der Waals surface area contributed by atoms with Gasteiger partial charge in [0.15, 0.2) is 11.0 Å². The molecule has 1 aromatic heterocycles. The lowest BCUT2D eigenvalue weighted by atomic mass is 10.1. The summed E-state index contributed by atoms with van der Waals surface area (Å²) < 4.78 is 20.9. The Labute approximate surface area is 153 Å². The highest BCUT2D eigenvalue weighted by atomic mass is 32.1. The first kappa shape index (κ1) is 19.1. The van der Waals surface area contributed by atoms with Crippen molar-refractivity contribution in [2.75, 3.05) is 13.7 Å². The zero-order valence-electron chi connectivity index (χ0n) is 13.9. The second-order valence-electron chi connectivity index (χ2n) is 5.21. The topological polar surface area (TPSA) is 119 Å². The van der Waals surface area contributed by atoms with E-state index in [0.717, 1.165) is 0 Å². The second kappa shape index (κ2) is 8.77. The average molecular weight is 376 g/mol. The number of rotatable bonds is 6. The molecule has 136 valence electrons. The predicted octanol–water partition coefficient (Wildman–Crippen LogP) is 1.71. The zero-order chi connectivity index (χ0) is 19.1. The molecule has 8 nitrogen and oxygen atoms in total. The van der Waals surface area contributed by atoms with Gasteiger partial charge in [0.2, 0.25) is 5.96 Å². The van der Waals surface area contributed by atoms with E-state index in [1.807, 2.05) is 0 Å². The van der Waals surface area contributed by atoms with E-state index in [1.54, 1.807) is 10.8 Å². The minimum atomic E-state index is -0.462. The molecule has 0 saturated heterocycles. The van der Waals surface area contributed by atoms with Crippen LogP contribution in [0.4, 0.5) is 4.39 Å². The molecule has 4 N–H and O–H groups in total. The van der Waals surface area contributed by atoms with Crippen LogP contribution < -0.4 is 20.9 Å². The Bertz CT molecular complexity index is 962. The van der Waals surface area contributed by atoms with Crippen LogP contribution in [0.3, 0.4) is 0 Å². The maximum Gasteiger partial charge on any atom is 0.252 e. The second-order valence-corrected chi connectivity index (χ2v) is 5.60. The number of benzene rings is 1. The minimum absolute atomic E-state index is 0.107. The first-order chi connectivity index (χ1) is 12.5. The molecular weight excluding hydrogens is 359 g/mol. The van der Waals surface area contributed by atoms with E-state index < -0.39 is 11.4 Å². The van der Waals surface area contributed by atoms with Gasteiger partial charge in [0, 0.05) is 24.7 Å². The number of halogens is 1. The van der Waals surface area contributed by atoms with Crippen molar-refractivity contribution < 1.29 is 9.13 Å². The van der Waals surface area contributed by atoms with Crippen LogP contribution in [0.25, 0.3) is 11.3 Å². The third-order valence-corrected chi connectivity index (χ3v) is 3.83. The lowest BCUT2D eigenvalue weighted by Gasteiger charge is -2.16. The monoisotopic (exact) mass is 376 g/mol. The summed E-state index contributed by atoms with van der Waals surface area (Å²) in [5.74, 6) is -0.154. The van der Waals surface area contributed by atoms with Gasteiger partial charge in [-0.2, -0.15) is 5.26 Å². The van der Waals surface area contributed by atoms with Gasteiger partial charge >= 0.3 is 0 Å².